The number of aryl methyl sites for hydroxylation is 1. The Kier molecular flexibility index (Phi) is 4.49. The summed E-state index contributed by atoms with van der Waals surface area (Å²) in [7, 11) is 0. The second kappa shape index (κ2) is 5.20. The Bertz CT molecular complexity index is 297. The number of benzene rings is 1. The van der Waals surface area contributed by atoms with Crippen molar-refractivity contribution in [2.45, 2.75) is 32.7 Å². The first-order chi connectivity index (χ1) is 6.58. The summed E-state index contributed by atoms with van der Waals surface area (Å²) >= 11 is 12.9. The molecule has 0 aliphatic rings. The van der Waals surface area contributed by atoms with Crippen LogP contribution in [0.25, 0.3) is 0 Å². The summed E-state index contributed by atoms with van der Waals surface area (Å²) in [6.45, 7) is 2.04. The van der Waals surface area contributed by atoms with Gasteiger partial charge in [-0.05, 0) is 23.7 Å². The van der Waals surface area contributed by atoms with E-state index >= 15 is 0 Å². The molecule has 0 fully saturated rings. The van der Waals surface area contributed by atoms with E-state index in [1.54, 1.807) is 0 Å². The summed E-state index contributed by atoms with van der Waals surface area (Å²) in [6, 6.07) is 9.14. The standard InChI is InChI=1S/C11H16Cl2Si/c1-3-4-9-14(12,13)11-8-6-5-7-10(11)2/h5-8H,3-4,9H2,1-2H3. The summed E-state index contributed by atoms with van der Waals surface area (Å²) in [5, 5.41) is 1.18. The first-order valence-corrected chi connectivity index (χ1v) is 9.25. The predicted octanol–water partition coefficient (Wildman–Crippen LogP) is 3.92. The normalized spacial score (nSPS) is 11.7. The van der Waals surface area contributed by atoms with Gasteiger partial charge in [-0.2, -0.15) is 0 Å². The Morgan fingerprint density at radius 3 is 2.43 bits per heavy atom. The molecule has 0 unspecified atom stereocenters. The lowest BCUT2D eigenvalue weighted by molar-refractivity contribution is 0.878. The molecule has 14 heavy (non-hydrogen) atoms. The maximum absolute atomic E-state index is 6.45. The van der Waals surface area contributed by atoms with E-state index in [1.165, 1.54) is 10.8 Å². The van der Waals surface area contributed by atoms with Gasteiger partial charge >= 0.3 is 0 Å². The zero-order valence-corrected chi connectivity index (χ0v) is 11.2. The molecule has 0 aliphatic carbocycles. The minimum absolute atomic E-state index is 0.956. The molecule has 0 N–H and O–H groups in total. The molecule has 0 saturated heterocycles. The van der Waals surface area contributed by atoms with E-state index in [2.05, 4.69) is 26.0 Å². The smallest absolute Gasteiger partial charge is 0.140 e. The molecule has 0 atom stereocenters. The maximum Gasteiger partial charge on any atom is 0.281 e. The number of hydrogen-bond donors (Lipinski definition) is 0. The van der Waals surface area contributed by atoms with Crippen molar-refractivity contribution in [3.63, 3.8) is 0 Å². The van der Waals surface area contributed by atoms with Crippen molar-refractivity contribution in [2.75, 3.05) is 0 Å². The second-order valence-electron chi connectivity index (χ2n) is 3.62. The average molecular weight is 247 g/mol. The van der Waals surface area contributed by atoms with E-state index < -0.39 is 6.69 Å². The Morgan fingerprint density at radius 1 is 1.21 bits per heavy atom. The summed E-state index contributed by atoms with van der Waals surface area (Å²) in [5.74, 6) is 0. The lowest BCUT2D eigenvalue weighted by Crippen LogP contribution is -2.37. The van der Waals surface area contributed by atoms with Gasteiger partial charge in [-0.3, -0.25) is 0 Å². The van der Waals surface area contributed by atoms with Crippen LogP contribution < -0.4 is 5.19 Å². The molecule has 0 saturated carbocycles. The van der Waals surface area contributed by atoms with Crippen LogP contribution in [0.2, 0.25) is 6.04 Å². The molecule has 0 spiro atoms. The van der Waals surface area contributed by atoms with Crippen molar-refractivity contribution in [1.82, 2.24) is 0 Å². The molecule has 3 heteroatoms. The zero-order valence-electron chi connectivity index (χ0n) is 8.69. The van der Waals surface area contributed by atoms with Crippen LogP contribution in [-0.4, -0.2) is 6.69 Å². The van der Waals surface area contributed by atoms with Gasteiger partial charge in [0.2, 0.25) is 0 Å². The Labute approximate surface area is 96.7 Å². The van der Waals surface area contributed by atoms with Gasteiger partial charge in [0.1, 0.15) is 0 Å². The number of halogens is 2. The van der Waals surface area contributed by atoms with Crippen molar-refractivity contribution in [2.24, 2.45) is 0 Å². The topological polar surface area (TPSA) is 0 Å². The fourth-order valence-corrected chi connectivity index (χ4v) is 5.66. The van der Waals surface area contributed by atoms with Gasteiger partial charge in [0.15, 0.2) is 0 Å². The highest BCUT2D eigenvalue weighted by Crippen LogP contribution is 2.24. The molecule has 0 radical (unpaired) electrons. The summed E-state index contributed by atoms with van der Waals surface area (Å²) in [4.78, 5) is 0. The number of unbranched alkanes of at least 4 members (excludes halogenated alkanes) is 1. The van der Waals surface area contributed by atoms with E-state index in [-0.39, 0.29) is 0 Å². The molecule has 78 valence electrons. The molecule has 0 aromatic heterocycles. The molecule has 0 nitrogen and oxygen atoms in total. The molecular weight excluding hydrogens is 231 g/mol. The third kappa shape index (κ3) is 3.01. The second-order valence-corrected chi connectivity index (χ2v) is 10.5. The molecular formula is C11H16Cl2Si. The van der Waals surface area contributed by atoms with Crippen molar-refractivity contribution in [1.29, 1.82) is 0 Å². The van der Waals surface area contributed by atoms with Gasteiger partial charge in [-0.15, -0.1) is 22.2 Å². The predicted molar refractivity (Wildman–Crippen MR) is 68.0 cm³/mol. The molecule has 0 aliphatic heterocycles. The molecule has 0 bridgehead atoms. The summed E-state index contributed by atoms with van der Waals surface area (Å²) < 4.78 is 0. The van der Waals surface area contributed by atoms with E-state index in [0.717, 1.165) is 18.9 Å². The minimum Gasteiger partial charge on any atom is -0.140 e. The minimum atomic E-state index is -2.20. The van der Waals surface area contributed by atoms with Gasteiger partial charge < -0.3 is 0 Å². The molecule has 1 rings (SSSR count). The molecule has 0 amide bonds. The van der Waals surface area contributed by atoms with Crippen molar-refractivity contribution in [3.05, 3.63) is 29.8 Å². The van der Waals surface area contributed by atoms with Crippen LogP contribution in [0.5, 0.6) is 0 Å². The lowest BCUT2D eigenvalue weighted by atomic mass is 10.2. The van der Waals surface area contributed by atoms with E-state index in [9.17, 15) is 0 Å². The Balaban J connectivity index is 2.86. The first kappa shape index (κ1) is 12.1. The third-order valence-electron chi connectivity index (χ3n) is 2.38. The fourth-order valence-electron chi connectivity index (χ4n) is 1.52. The quantitative estimate of drug-likeness (QED) is 0.558. The lowest BCUT2D eigenvalue weighted by Gasteiger charge is -2.18. The Morgan fingerprint density at radius 2 is 1.86 bits per heavy atom. The van der Waals surface area contributed by atoms with Crippen molar-refractivity contribution < 1.29 is 0 Å². The van der Waals surface area contributed by atoms with Gasteiger partial charge in [-0.25, -0.2) is 0 Å². The van der Waals surface area contributed by atoms with Gasteiger partial charge in [0, 0.05) is 0 Å². The molecule has 1 aromatic carbocycles. The monoisotopic (exact) mass is 246 g/mol. The van der Waals surface area contributed by atoms with Crippen LogP contribution in [0.1, 0.15) is 25.3 Å². The fraction of sp³-hybridized carbons (Fsp3) is 0.455. The van der Waals surface area contributed by atoms with Crippen molar-refractivity contribution >= 4 is 34.0 Å². The van der Waals surface area contributed by atoms with E-state index in [1.807, 2.05) is 12.1 Å². The van der Waals surface area contributed by atoms with Crippen LogP contribution in [0.4, 0.5) is 0 Å². The van der Waals surface area contributed by atoms with Crippen LogP contribution in [-0.2, 0) is 0 Å². The number of rotatable bonds is 4. The largest absolute Gasteiger partial charge is 0.281 e. The van der Waals surface area contributed by atoms with Crippen LogP contribution in [0.3, 0.4) is 0 Å². The first-order valence-electron chi connectivity index (χ1n) is 5.02. The van der Waals surface area contributed by atoms with E-state index in [0.29, 0.717) is 0 Å². The number of hydrogen-bond acceptors (Lipinski definition) is 0. The third-order valence-corrected chi connectivity index (χ3v) is 7.07. The maximum atomic E-state index is 6.45. The van der Waals surface area contributed by atoms with Gasteiger partial charge in [0.25, 0.3) is 6.69 Å². The summed E-state index contributed by atoms with van der Waals surface area (Å²) in [5.41, 5.74) is 1.22. The molecule has 0 heterocycles. The van der Waals surface area contributed by atoms with Crippen LogP contribution in [0.15, 0.2) is 24.3 Å². The van der Waals surface area contributed by atoms with Crippen molar-refractivity contribution in [3.8, 4) is 0 Å². The Hall–Kier alpha value is 0.0169. The average Bonchev–Trinajstić information content (AvgIpc) is 2.15. The highest BCUT2D eigenvalue weighted by Gasteiger charge is 2.31. The highest BCUT2D eigenvalue weighted by molar-refractivity contribution is 7.51. The van der Waals surface area contributed by atoms with Crippen LogP contribution in [0, 0.1) is 6.92 Å². The van der Waals surface area contributed by atoms with Crippen LogP contribution >= 0.6 is 22.2 Å². The SMILES string of the molecule is CCCC[Si](Cl)(Cl)c1ccccc1C. The summed E-state index contributed by atoms with van der Waals surface area (Å²) in [6.07, 6.45) is 2.27. The highest BCUT2D eigenvalue weighted by atomic mass is 35.7. The van der Waals surface area contributed by atoms with Gasteiger partial charge in [0.05, 0.1) is 0 Å². The zero-order chi connectivity index (χ0) is 10.6. The molecule has 1 aromatic rings. The van der Waals surface area contributed by atoms with Gasteiger partial charge in [-0.1, -0.05) is 44.0 Å². The van der Waals surface area contributed by atoms with E-state index in [4.69, 9.17) is 22.2 Å².